The molecular formula is C29H41ClN6S. The number of hydrogen-bond acceptors (Lipinski definition) is 5. The number of nitrogens with one attached hydrogen (secondary N) is 2. The number of hydrogen-bond donors (Lipinski definition) is 2. The van der Waals surface area contributed by atoms with E-state index in [9.17, 15) is 0 Å². The minimum absolute atomic E-state index is 0.0814. The Balaban J connectivity index is 1.32. The molecule has 2 unspecified atom stereocenters. The zero-order valence-electron chi connectivity index (χ0n) is 22.3. The van der Waals surface area contributed by atoms with E-state index in [1.54, 1.807) is 0 Å². The van der Waals surface area contributed by atoms with E-state index in [0.717, 1.165) is 62.2 Å². The standard InChI is InChI=1S/C29H41ClN6S/c1-21-7-5-15-35(18-21)25-17-26(36-16-6-8-22(2)19-36)33-27(32-25)34-28(37)31-20-29(13-3-4-14-29)23-9-11-24(30)12-10-23/h9-12,17,21-22H,3-8,13-16,18-20H2,1-2H3,(H2,31,32,33,34,37). The number of benzene rings is 1. The van der Waals surface area contributed by atoms with Gasteiger partial charge in [-0.05, 0) is 80.3 Å². The lowest BCUT2D eigenvalue weighted by molar-refractivity contribution is 0.435. The van der Waals surface area contributed by atoms with Gasteiger partial charge < -0.3 is 20.4 Å². The Bertz CT molecular complexity index is 1030. The fourth-order valence-corrected chi connectivity index (χ4v) is 6.70. The summed E-state index contributed by atoms with van der Waals surface area (Å²) >= 11 is 11.9. The highest BCUT2D eigenvalue weighted by Gasteiger charge is 2.35. The van der Waals surface area contributed by atoms with Crippen molar-refractivity contribution in [3.05, 3.63) is 40.9 Å². The van der Waals surface area contributed by atoms with Crippen LogP contribution in [0.4, 0.5) is 17.6 Å². The van der Waals surface area contributed by atoms with Gasteiger partial charge in [-0.1, -0.05) is 50.4 Å². The monoisotopic (exact) mass is 540 g/mol. The second kappa shape index (κ2) is 11.7. The molecule has 1 saturated carbocycles. The van der Waals surface area contributed by atoms with Gasteiger partial charge in [0.1, 0.15) is 11.6 Å². The van der Waals surface area contributed by atoms with Gasteiger partial charge in [0, 0.05) is 49.2 Å². The average Bonchev–Trinajstić information content (AvgIpc) is 3.38. The predicted molar refractivity (Wildman–Crippen MR) is 159 cm³/mol. The van der Waals surface area contributed by atoms with Crippen LogP contribution in [0.25, 0.3) is 0 Å². The van der Waals surface area contributed by atoms with E-state index in [0.29, 0.717) is 22.9 Å². The third kappa shape index (κ3) is 6.48. The highest BCUT2D eigenvalue weighted by Crippen LogP contribution is 2.41. The van der Waals surface area contributed by atoms with E-state index in [-0.39, 0.29) is 5.41 Å². The first-order chi connectivity index (χ1) is 17.9. The molecule has 8 heteroatoms. The number of aromatic nitrogens is 2. The first kappa shape index (κ1) is 26.5. The topological polar surface area (TPSA) is 56.3 Å². The summed E-state index contributed by atoms with van der Waals surface area (Å²) in [6, 6.07) is 10.5. The molecule has 1 aromatic carbocycles. The molecule has 1 aliphatic carbocycles. The molecule has 1 aromatic heterocycles. The molecule has 2 saturated heterocycles. The maximum atomic E-state index is 6.17. The molecule has 0 radical (unpaired) electrons. The molecule has 2 N–H and O–H groups in total. The van der Waals surface area contributed by atoms with Gasteiger partial charge in [0.25, 0.3) is 0 Å². The van der Waals surface area contributed by atoms with Crippen molar-refractivity contribution in [2.24, 2.45) is 11.8 Å². The lowest BCUT2D eigenvalue weighted by atomic mass is 9.79. The zero-order valence-corrected chi connectivity index (χ0v) is 23.9. The lowest BCUT2D eigenvalue weighted by Crippen LogP contribution is -2.41. The first-order valence-electron chi connectivity index (χ1n) is 14.1. The Kier molecular flexibility index (Phi) is 8.40. The Morgan fingerprint density at radius 3 is 2.05 bits per heavy atom. The van der Waals surface area contributed by atoms with Gasteiger partial charge in [-0.15, -0.1) is 0 Å². The van der Waals surface area contributed by atoms with E-state index < -0.39 is 0 Å². The molecule has 37 heavy (non-hydrogen) atoms. The maximum absolute atomic E-state index is 6.17. The molecule has 3 aliphatic rings. The highest BCUT2D eigenvalue weighted by molar-refractivity contribution is 7.80. The Morgan fingerprint density at radius 1 is 0.946 bits per heavy atom. The van der Waals surface area contributed by atoms with Gasteiger partial charge in [-0.3, -0.25) is 0 Å². The molecule has 0 spiro atoms. The van der Waals surface area contributed by atoms with Crippen LogP contribution in [0.2, 0.25) is 5.02 Å². The van der Waals surface area contributed by atoms with E-state index in [1.807, 2.05) is 12.1 Å². The number of nitrogens with zero attached hydrogens (tertiary/aromatic N) is 4. The molecule has 200 valence electrons. The molecule has 2 aliphatic heterocycles. The lowest BCUT2D eigenvalue weighted by Gasteiger charge is -2.35. The SMILES string of the molecule is CC1CCCN(c2cc(N3CCCC(C)C3)nc(NC(=S)NCC3(c4ccc(Cl)cc4)CCCC3)n2)C1. The van der Waals surface area contributed by atoms with Gasteiger partial charge in [0.2, 0.25) is 5.95 Å². The van der Waals surface area contributed by atoms with Crippen molar-refractivity contribution in [1.29, 1.82) is 0 Å². The fourth-order valence-electron chi connectivity index (χ4n) is 6.41. The van der Waals surface area contributed by atoms with Crippen LogP contribution < -0.4 is 20.4 Å². The predicted octanol–water partition coefficient (Wildman–Crippen LogP) is 6.40. The Morgan fingerprint density at radius 2 is 1.51 bits per heavy atom. The summed E-state index contributed by atoms with van der Waals surface area (Å²) in [6.45, 7) is 9.63. The third-order valence-electron chi connectivity index (χ3n) is 8.49. The van der Waals surface area contributed by atoms with Crippen molar-refractivity contribution in [2.75, 3.05) is 47.8 Å². The van der Waals surface area contributed by atoms with Crippen LogP contribution in [-0.4, -0.2) is 47.8 Å². The summed E-state index contributed by atoms with van der Waals surface area (Å²) in [4.78, 5) is 14.7. The van der Waals surface area contributed by atoms with Crippen molar-refractivity contribution >= 4 is 46.5 Å². The summed E-state index contributed by atoms with van der Waals surface area (Å²) in [5, 5.41) is 8.23. The molecule has 2 atom stereocenters. The number of thiocarbonyl (C=S) groups is 1. The normalized spacial score (nSPS) is 23.6. The summed E-state index contributed by atoms with van der Waals surface area (Å²) in [5.41, 5.74) is 1.42. The molecule has 2 aromatic rings. The van der Waals surface area contributed by atoms with Gasteiger partial charge in [-0.2, -0.15) is 9.97 Å². The largest absolute Gasteiger partial charge is 0.361 e. The van der Waals surface area contributed by atoms with E-state index >= 15 is 0 Å². The smallest absolute Gasteiger partial charge is 0.232 e. The molecule has 0 amide bonds. The summed E-state index contributed by atoms with van der Waals surface area (Å²) in [6.07, 6.45) is 9.76. The minimum atomic E-state index is 0.0814. The number of halogens is 1. The third-order valence-corrected chi connectivity index (χ3v) is 8.99. The van der Waals surface area contributed by atoms with Crippen molar-refractivity contribution in [3.63, 3.8) is 0 Å². The van der Waals surface area contributed by atoms with Gasteiger partial charge in [-0.25, -0.2) is 0 Å². The van der Waals surface area contributed by atoms with Gasteiger partial charge >= 0.3 is 0 Å². The van der Waals surface area contributed by atoms with Gasteiger partial charge in [0.15, 0.2) is 5.11 Å². The Hall–Kier alpha value is -2.12. The molecular weight excluding hydrogens is 500 g/mol. The number of anilines is 3. The van der Waals surface area contributed by atoms with E-state index in [4.69, 9.17) is 33.8 Å². The Labute approximate surface area is 232 Å². The molecule has 3 fully saturated rings. The number of piperidine rings is 2. The van der Waals surface area contributed by atoms with Crippen LogP contribution in [0.1, 0.15) is 70.8 Å². The van der Waals surface area contributed by atoms with E-state index in [2.05, 4.69) is 52.5 Å². The van der Waals surface area contributed by atoms with Crippen LogP contribution in [0.3, 0.4) is 0 Å². The van der Waals surface area contributed by atoms with Crippen molar-refractivity contribution in [3.8, 4) is 0 Å². The summed E-state index contributed by atoms with van der Waals surface area (Å²) in [7, 11) is 0. The summed E-state index contributed by atoms with van der Waals surface area (Å²) in [5.74, 6) is 3.96. The fraction of sp³-hybridized carbons (Fsp3) is 0.621. The number of rotatable bonds is 6. The van der Waals surface area contributed by atoms with E-state index in [1.165, 1.54) is 44.1 Å². The average molecular weight is 541 g/mol. The zero-order chi connectivity index (χ0) is 25.8. The molecule has 3 heterocycles. The molecule has 0 bridgehead atoms. The van der Waals surface area contributed by atoms with Crippen molar-refractivity contribution < 1.29 is 0 Å². The van der Waals surface area contributed by atoms with Crippen LogP contribution in [0.15, 0.2) is 30.3 Å². The first-order valence-corrected chi connectivity index (χ1v) is 14.9. The quantitative estimate of drug-likeness (QED) is 0.411. The van der Waals surface area contributed by atoms with Crippen LogP contribution in [0.5, 0.6) is 0 Å². The molecule has 6 nitrogen and oxygen atoms in total. The second-order valence-corrected chi connectivity index (χ2v) is 12.4. The van der Waals surface area contributed by atoms with Gasteiger partial charge in [0.05, 0.1) is 0 Å². The van der Waals surface area contributed by atoms with Crippen molar-refractivity contribution in [2.45, 2.75) is 70.6 Å². The van der Waals surface area contributed by atoms with Crippen LogP contribution in [0, 0.1) is 11.8 Å². The van der Waals surface area contributed by atoms with Crippen molar-refractivity contribution in [1.82, 2.24) is 15.3 Å². The van der Waals surface area contributed by atoms with Crippen LogP contribution >= 0.6 is 23.8 Å². The minimum Gasteiger partial charge on any atom is -0.361 e. The second-order valence-electron chi connectivity index (χ2n) is 11.6. The summed E-state index contributed by atoms with van der Waals surface area (Å²) < 4.78 is 0. The molecule has 5 rings (SSSR count). The highest BCUT2D eigenvalue weighted by atomic mass is 35.5. The van der Waals surface area contributed by atoms with Crippen LogP contribution in [-0.2, 0) is 5.41 Å². The maximum Gasteiger partial charge on any atom is 0.232 e.